The molecule has 0 amide bonds. The molecule has 78 valence electrons. The minimum Gasteiger partial charge on any atom is -0.370 e. The van der Waals surface area contributed by atoms with Crippen LogP contribution in [0.5, 0.6) is 0 Å². The summed E-state index contributed by atoms with van der Waals surface area (Å²) in [5.74, 6) is 0.688. The molecule has 0 spiro atoms. The van der Waals surface area contributed by atoms with Crippen molar-refractivity contribution in [1.82, 2.24) is 14.6 Å². The lowest BCUT2D eigenvalue weighted by Gasteiger charge is -2.05. The summed E-state index contributed by atoms with van der Waals surface area (Å²) in [5.41, 5.74) is 0.653. The maximum Gasteiger partial charge on any atom is 0.257 e. The average Bonchev–Trinajstić information content (AvgIpc) is 2.85. The highest BCUT2D eigenvalue weighted by Crippen LogP contribution is 2.26. The fourth-order valence-corrected chi connectivity index (χ4v) is 1.97. The van der Waals surface area contributed by atoms with Crippen LogP contribution in [0.25, 0.3) is 5.65 Å². The van der Waals surface area contributed by atoms with Gasteiger partial charge in [-0.25, -0.2) is 4.40 Å². The van der Waals surface area contributed by atoms with Crippen molar-refractivity contribution in [3.63, 3.8) is 0 Å². The van der Waals surface area contributed by atoms with E-state index >= 15 is 0 Å². The summed E-state index contributed by atoms with van der Waals surface area (Å²) in [4.78, 5) is 11.7. The van der Waals surface area contributed by atoms with Gasteiger partial charge in [-0.3, -0.25) is 9.89 Å². The Hall–Kier alpha value is -1.62. The zero-order valence-electron chi connectivity index (χ0n) is 8.14. The number of nitrogens with zero attached hydrogens (tertiary/aromatic N) is 2. The highest BCUT2D eigenvalue weighted by atomic mass is 16.5. The molecule has 1 aliphatic rings. The number of aromatic amines is 1. The molecule has 1 saturated heterocycles. The van der Waals surface area contributed by atoms with Gasteiger partial charge in [0.25, 0.3) is 5.56 Å². The van der Waals surface area contributed by atoms with Gasteiger partial charge in [0.05, 0.1) is 0 Å². The molecule has 0 aliphatic carbocycles. The Balaban J connectivity index is 2.22. The second-order valence-electron chi connectivity index (χ2n) is 3.67. The van der Waals surface area contributed by atoms with Crippen LogP contribution in [0.15, 0.2) is 23.0 Å². The van der Waals surface area contributed by atoms with E-state index in [0.717, 1.165) is 19.4 Å². The summed E-state index contributed by atoms with van der Waals surface area (Å²) in [7, 11) is 0. The van der Waals surface area contributed by atoms with E-state index in [4.69, 9.17) is 4.74 Å². The molecule has 1 aliphatic heterocycles. The highest BCUT2D eigenvalue weighted by Gasteiger charge is 2.23. The largest absolute Gasteiger partial charge is 0.370 e. The number of rotatable bonds is 1. The first kappa shape index (κ1) is 8.67. The summed E-state index contributed by atoms with van der Waals surface area (Å²) in [6.07, 6.45) is 1.92. The maximum absolute atomic E-state index is 11.7. The van der Waals surface area contributed by atoms with Gasteiger partial charge in [-0.05, 0) is 18.9 Å². The molecule has 1 N–H and O–H groups in total. The van der Waals surface area contributed by atoms with Gasteiger partial charge in [0.15, 0.2) is 5.82 Å². The van der Waals surface area contributed by atoms with E-state index in [0.29, 0.717) is 11.5 Å². The number of nitrogens with one attached hydrogen (secondary N) is 1. The Bertz CT molecular complexity index is 537. The van der Waals surface area contributed by atoms with Crippen molar-refractivity contribution in [3.8, 4) is 0 Å². The van der Waals surface area contributed by atoms with E-state index in [9.17, 15) is 4.79 Å². The van der Waals surface area contributed by atoms with Crippen LogP contribution in [0.4, 0.5) is 0 Å². The smallest absolute Gasteiger partial charge is 0.257 e. The third-order valence-electron chi connectivity index (χ3n) is 2.69. The molecular formula is C10H11N3O2. The molecule has 15 heavy (non-hydrogen) atoms. The minimum atomic E-state index is -0.0632. The lowest BCUT2D eigenvalue weighted by molar-refractivity contribution is 0.104. The minimum absolute atomic E-state index is 0.0427. The van der Waals surface area contributed by atoms with E-state index in [-0.39, 0.29) is 11.7 Å². The molecule has 0 aromatic carbocycles. The van der Waals surface area contributed by atoms with E-state index in [2.05, 4.69) is 10.2 Å². The SMILES string of the molecule is O=c1cccc2[nH]nc(C3CCCO3)n12. The quantitative estimate of drug-likeness (QED) is 0.751. The molecule has 1 fully saturated rings. The Kier molecular flexibility index (Phi) is 1.85. The van der Waals surface area contributed by atoms with Gasteiger partial charge in [0.1, 0.15) is 11.8 Å². The van der Waals surface area contributed by atoms with Crippen LogP contribution >= 0.6 is 0 Å². The molecule has 2 aromatic heterocycles. The first-order valence-corrected chi connectivity index (χ1v) is 5.04. The first-order chi connectivity index (χ1) is 7.36. The van der Waals surface area contributed by atoms with Crippen LogP contribution in [-0.4, -0.2) is 21.2 Å². The van der Waals surface area contributed by atoms with Crippen molar-refractivity contribution in [2.24, 2.45) is 0 Å². The average molecular weight is 205 g/mol. The van der Waals surface area contributed by atoms with Crippen LogP contribution in [0, 0.1) is 0 Å². The molecule has 3 rings (SSSR count). The van der Waals surface area contributed by atoms with Gasteiger partial charge in [0, 0.05) is 12.7 Å². The standard InChI is InChI=1S/C10H11N3O2/c14-9-5-1-4-8-11-12-10(13(8)9)7-3-2-6-15-7/h1,4-5,7,11H,2-3,6H2. The topological polar surface area (TPSA) is 59.4 Å². The predicted octanol–water partition coefficient (Wildman–Crippen LogP) is 0.874. The molecule has 0 bridgehead atoms. The van der Waals surface area contributed by atoms with Crippen molar-refractivity contribution >= 4 is 5.65 Å². The van der Waals surface area contributed by atoms with Gasteiger partial charge in [-0.15, -0.1) is 0 Å². The maximum atomic E-state index is 11.7. The van der Waals surface area contributed by atoms with Gasteiger partial charge in [0.2, 0.25) is 0 Å². The first-order valence-electron chi connectivity index (χ1n) is 5.04. The molecule has 5 heteroatoms. The van der Waals surface area contributed by atoms with Crippen LogP contribution in [0.2, 0.25) is 0 Å². The van der Waals surface area contributed by atoms with Crippen molar-refractivity contribution in [1.29, 1.82) is 0 Å². The number of fused-ring (bicyclic) bond motifs is 1. The van der Waals surface area contributed by atoms with Crippen LogP contribution < -0.4 is 5.56 Å². The molecule has 1 unspecified atom stereocenters. The molecule has 0 saturated carbocycles. The van der Waals surface area contributed by atoms with Gasteiger partial charge in [-0.1, -0.05) is 6.07 Å². The summed E-state index contributed by atoms with van der Waals surface area (Å²) in [6, 6.07) is 5.07. The van der Waals surface area contributed by atoms with Crippen molar-refractivity contribution in [2.45, 2.75) is 18.9 Å². The summed E-state index contributed by atoms with van der Waals surface area (Å²) < 4.78 is 7.10. The monoisotopic (exact) mass is 205 g/mol. The lowest BCUT2D eigenvalue weighted by Crippen LogP contribution is -2.15. The third kappa shape index (κ3) is 1.27. The van der Waals surface area contributed by atoms with Gasteiger partial charge >= 0.3 is 0 Å². The third-order valence-corrected chi connectivity index (χ3v) is 2.69. The number of pyridine rings is 1. The highest BCUT2D eigenvalue weighted by molar-refractivity contribution is 5.37. The van der Waals surface area contributed by atoms with Crippen LogP contribution in [0.3, 0.4) is 0 Å². The zero-order valence-corrected chi connectivity index (χ0v) is 8.14. The summed E-state index contributed by atoms with van der Waals surface area (Å²) >= 11 is 0. The summed E-state index contributed by atoms with van der Waals surface area (Å²) in [5, 5.41) is 6.99. The summed E-state index contributed by atoms with van der Waals surface area (Å²) in [6.45, 7) is 0.751. The fourth-order valence-electron chi connectivity index (χ4n) is 1.97. The molecule has 3 heterocycles. The molecule has 0 radical (unpaired) electrons. The number of ether oxygens (including phenoxy) is 1. The number of aromatic nitrogens is 3. The normalized spacial score (nSPS) is 21.2. The van der Waals surface area contributed by atoms with Crippen molar-refractivity contribution in [2.75, 3.05) is 6.61 Å². The lowest BCUT2D eigenvalue weighted by atomic mass is 10.2. The second-order valence-corrected chi connectivity index (χ2v) is 3.67. The predicted molar refractivity (Wildman–Crippen MR) is 53.7 cm³/mol. The van der Waals surface area contributed by atoms with Crippen LogP contribution in [0.1, 0.15) is 24.8 Å². The van der Waals surface area contributed by atoms with E-state index in [1.807, 2.05) is 6.07 Å². The Morgan fingerprint density at radius 1 is 1.53 bits per heavy atom. The molecule has 2 aromatic rings. The number of H-pyrrole nitrogens is 1. The van der Waals surface area contributed by atoms with Crippen molar-refractivity contribution < 1.29 is 4.74 Å². The zero-order chi connectivity index (χ0) is 10.3. The molecular weight excluding hydrogens is 194 g/mol. The van der Waals surface area contributed by atoms with Gasteiger partial charge < -0.3 is 4.74 Å². The van der Waals surface area contributed by atoms with E-state index in [1.54, 1.807) is 10.5 Å². The molecule has 5 nitrogen and oxygen atoms in total. The second kappa shape index (κ2) is 3.20. The van der Waals surface area contributed by atoms with E-state index < -0.39 is 0 Å². The number of hydrogen-bond donors (Lipinski definition) is 1. The Labute approximate surface area is 85.7 Å². The van der Waals surface area contributed by atoms with Crippen molar-refractivity contribution in [3.05, 3.63) is 34.4 Å². The Morgan fingerprint density at radius 3 is 3.27 bits per heavy atom. The van der Waals surface area contributed by atoms with Gasteiger partial charge in [-0.2, -0.15) is 5.10 Å². The number of hydrogen-bond acceptors (Lipinski definition) is 3. The Morgan fingerprint density at radius 2 is 2.47 bits per heavy atom. The molecule has 1 atom stereocenters. The van der Waals surface area contributed by atoms with E-state index in [1.165, 1.54) is 6.07 Å². The fraction of sp³-hybridized carbons (Fsp3) is 0.400. The van der Waals surface area contributed by atoms with Crippen LogP contribution in [-0.2, 0) is 4.74 Å².